The van der Waals surface area contributed by atoms with Crippen molar-refractivity contribution in [3.8, 4) is 11.6 Å². The molecule has 0 bridgehead atoms. The van der Waals surface area contributed by atoms with Crippen LogP contribution >= 0.6 is 0 Å². The molecule has 0 aliphatic carbocycles. The van der Waals surface area contributed by atoms with Crippen LogP contribution in [0.2, 0.25) is 0 Å². The predicted octanol–water partition coefficient (Wildman–Crippen LogP) is 5.65. The minimum atomic E-state index is -5.12. The van der Waals surface area contributed by atoms with E-state index in [2.05, 4.69) is 35.2 Å². The number of carbonyl (C=O) groups excluding carboxylic acids is 1. The van der Waals surface area contributed by atoms with Crippen molar-refractivity contribution in [1.29, 1.82) is 0 Å². The van der Waals surface area contributed by atoms with Gasteiger partial charge in [0.15, 0.2) is 5.82 Å². The van der Waals surface area contributed by atoms with Gasteiger partial charge >= 0.3 is 12.1 Å². The summed E-state index contributed by atoms with van der Waals surface area (Å²) >= 11 is 0. The summed E-state index contributed by atoms with van der Waals surface area (Å²) in [5, 5.41) is 9.98. The van der Waals surface area contributed by atoms with Gasteiger partial charge < -0.3 is 14.9 Å². The number of carbonyl (C=O) groups is 1. The lowest BCUT2D eigenvalue weighted by atomic mass is 10.1. The molecule has 6 aromatic rings. The normalized spacial score (nSPS) is 11.4. The molecule has 14 heteroatoms. The number of alkyl halides is 3. The van der Waals surface area contributed by atoms with Crippen molar-refractivity contribution in [1.82, 2.24) is 29.7 Å². The maximum absolute atomic E-state index is 12.5. The number of benzene rings is 1. The van der Waals surface area contributed by atoms with Crippen LogP contribution in [0.4, 0.5) is 24.8 Å². The highest BCUT2D eigenvalue weighted by Gasteiger charge is 2.41. The van der Waals surface area contributed by atoms with E-state index in [0.717, 1.165) is 22.0 Å². The molecule has 5 heterocycles. The number of halogens is 3. The second-order valence-corrected chi connectivity index (χ2v) is 9.27. The molecule has 0 saturated heterocycles. The monoisotopic (exact) mass is 586 g/mol. The molecule has 0 saturated carbocycles. The van der Waals surface area contributed by atoms with Crippen molar-refractivity contribution < 1.29 is 27.5 Å². The van der Waals surface area contributed by atoms with Gasteiger partial charge in [0, 0.05) is 49.0 Å². The molecule has 6 rings (SSSR count). The summed E-state index contributed by atoms with van der Waals surface area (Å²) in [6, 6.07) is 16.1. The van der Waals surface area contributed by atoms with Crippen molar-refractivity contribution in [2.75, 3.05) is 10.8 Å². The highest BCUT2D eigenvalue weighted by molar-refractivity contribution is 5.92. The van der Waals surface area contributed by atoms with Crippen LogP contribution in [0.15, 0.2) is 91.8 Å². The number of fused-ring (bicyclic) bond motifs is 2. The third-order valence-corrected chi connectivity index (χ3v) is 6.24. The van der Waals surface area contributed by atoms with Crippen LogP contribution in [0.3, 0.4) is 0 Å². The van der Waals surface area contributed by atoms with Crippen LogP contribution in [-0.4, -0.2) is 41.9 Å². The Balaban J connectivity index is 1.12. The lowest BCUT2D eigenvalue weighted by Gasteiger charge is -2.11. The van der Waals surface area contributed by atoms with Gasteiger partial charge in [0.2, 0.25) is 5.88 Å². The molecule has 216 valence electrons. The summed E-state index contributed by atoms with van der Waals surface area (Å²) in [6.45, 7) is 0.894. The van der Waals surface area contributed by atoms with E-state index in [1.54, 1.807) is 65.9 Å². The van der Waals surface area contributed by atoms with Crippen LogP contribution in [0.1, 0.15) is 11.1 Å². The quantitative estimate of drug-likeness (QED) is 0.205. The van der Waals surface area contributed by atoms with Crippen LogP contribution in [0, 0.1) is 0 Å². The number of pyridine rings is 4. The number of hydrogen-bond acceptors (Lipinski definition) is 10. The molecular formula is C29H21F3N8O3. The van der Waals surface area contributed by atoms with Gasteiger partial charge in [0.25, 0.3) is 0 Å². The molecule has 0 spiro atoms. The fraction of sp³-hybridized carbons (Fsp3) is 0.103. The van der Waals surface area contributed by atoms with Crippen LogP contribution < -0.4 is 15.5 Å². The van der Waals surface area contributed by atoms with Gasteiger partial charge in [-0.25, -0.2) is 19.7 Å². The molecule has 5 aromatic heterocycles. The molecule has 0 radical (unpaired) electrons. The Morgan fingerprint density at radius 3 is 2.51 bits per heavy atom. The number of nitrogens with zero attached hydrogens (tertiary/aromatic N) is 6. The van der Waals surface area contributed by atoms with Gasteiger partial charge in [-0.2, -0.15) is 23.8 Å². The van der Waals surface area contributed by atoms with Crippen LogP contribution in [0.25, 0.3) is 21.7 Å². The van der Waals surface area contributed by atoms with Gasteiger partial charge in [-0.15, -0.1) is 0 Å². The summed E-state index contributed by atoms with van der Waals surface area (Å²) in [5.41, 5.74) is 4.56. The van der Waals surface area contributed by atoms with E-state index in [9.17, 15) is 18.0 Å². The number of nitrogens with one attached hydrogen (secondary N) is 2. The zero-order valence-electron chi connectivity index (χ0n) is 22.1. The van der Waals surface area contributed by atoms with Crippen molar-refractivity contribution in [2.24, 2.45) is 0 Å². The van der Waals surface area contributed by atoms with E-state index in [-0.39, 0.29) is 5.82 Å². The number of aromatic nitrogens is 6. The number of ether oxygens (including phenoxy) is 1. The van der Waals surface area contributed by atoms with E-state index in [4.69, 9.17) is 4.74 Å². The third-order valence-electron chi connectivity index (χ3n) is 6.24. The lowest BCUT2D eigenvalue weighted by Crippen LogP contribution is -2.27. The molecule has 0 unspecified atom stereocenters. The molecule has 0 atom stereocenters. The fourth-order valence-corrected chi connectivity index (χ4v) is 4.25. The highest BCUT2D eigenvalue weighted by atomic mass is 19.4. The maximum atomic E-state index is 12.5. The average Bonchev–Trinajstić information content (AvgIpc) is 3.42. The van der Waals surface area contributed by atoms with E-state index in [1.165, 1.54) is 6.20 Å². The largest absolute Gasteiger partial charge is 0.493 e. The summed E-state index contributed by atoms with van der Waals surface area (Å²) in [7, 11) is 0. The Hall–Kier alpha value is -5.79. The summed E-state index contributed by atoms with van der Waals surface area (Å²) in [6.07, 6.45) is 4.85. The van der Waals surface area contributed by atoms with Crippen LogP contribution in [0.5, 0.6) is 11.6 Å². The molecule has 0 amide bonds. The zero-order valence-corrected chi connectivity index (χ0v) is 22.1. The van der Waals surface area contributed by atoms with E-state index in [0.29, 0.717) is 41.3 Å². The van der Waals surface area contributed by atoms with E-state index in [1.807, 2.05) is 29.9 Å². The van der Waals surface area contributed by atoms with Crippen molar-refractivity contribution in [3.63, 3.8) is 0 Å². The minimum Gasteiger partial charge on any atom is -0.437 e. The molecule has 0 aliphatic rings. The first kappa shape index (κ1) is 27.4. The smallest absolute Gasteiger partial charge is 0.437 e. The maximum Gasteiger partial charge on any atom is 0.493 e. The molecule has 43 heavy (non-hydrogen) atoms. The topological polar surface area (TPSA) is 129 Å². The lowest BCUT2D eigenvalue weighted by molar-refractivity contribution is -0.196. The molecule has 0 aliphatic heterocycles. The van der Waals surface area contributed by atoms with Gasteiger partial charge in [-0.1, -0.05) is 18.2 Å². The zero-order chi connectivity index (χ0) is 29.8. The third kappa shape index (κ3) is 6.43. The van der Waals surface area contributed by atoms with Gasteiger partial charge in [0.1, 0.15) is 11.6 Å². The highest BCUT2D eigenvalue weighted by Crippen LogP contribution is 2.26. The average molecular weight is 587 g/mol. The summed E-state index contributed by atoms with van der Waals surface area (Å²) in [5.74, 6) is -0.681. The van der Waals surface area contributed by atoms with Gasteiger partial charge in [0.05, 0.1) is 23.6 Å². The Morgan fingerprint density at radius 2 is 1.72 bits per heavy atom. The molecule has 11 nitrogen and oxygen atoms in total. The Labute approximate surface area is 241 Å². The predicted molar refractivity (Wildman–Crippen MR) is 150 cm³/mol. The Morgan fingerprint density at radius 1 is 0.884 bits per heavy atom. The summed E-state index contributed by atoms with van der Waals surface area (Å²) < 4.78 is 44.9. The number of anilines is 2. The first-order chi connectivity index (χ1) is 20.8. The van der Waals surface area contributed by atoms with Crippen molar-refractivity contribution in [3.05, 3.63) is 103 Å². The first-order valence-corrected chi connectivity index (χ1v) is 12.8. The van der Waals surface area contributed by atoms with Gasteiger partial charge in [-0.3, -0.25) is 9.67 Å². The molecule has 1 aromatic carbocycles. The Kier molecular flexibility index (Phi) is 7.39. The van der Waals surface area contributed by atoms with E-state index < -0.39 is 12.1 Å². The SMILES string of the molecule is O=C(ONc1nccc2cc(CNc3nccc4nn(Cc5ccc(Oc6cccnc6)nc5)cc34)ccc12)C(F)(F)F. The molecular weight excluding hydrogens is 565 g/mol. The number of rotatable bonds is 9. The molecule has 0 fully saturated rings. The minimum absolute atomic E-state index is 0.0145. The first-order valence-electron chi connectivity index (χ1n) is 12.8. The standard InChI is InChI=1S/C29H21F3N8O3/c30-29(31,32)28(41)43-39-27-22-5-3-18(12-20(22)7-10-35-27)13-37-26-23-17-40(38-24(23)8-11-34-26)16-19-4-6-25(36-14-19)42-21-2-1-9-33-15-21/h1-12,14-15,17H,13,16H2,(H,34,37)(H,35,39). The van der Waals surface area contributed by atoms with Crippen molar-refractivity contribution >= 4 is 39.3 Å². The fourth-order valence-electron chi connectivity index (χ4n) is 4.25. The number of hydrogen-bond donors (Lipinski definition) is 2. The molecule has 2 N–H and O–H groups in total. The van der Waals surface area contributed by atoms with Crippen molar-refractivity contribution in [2.45, 2.75) is 19.3 Å². The van der Waals surface area contributed by atoms with Gasteiger partial charge in [-0.05, 0) is 46.8 Å². The second kappa shape index (κ2) is 11.6. The Bertz CT molecular complexity index is 1900. The van der Waals surface area contributed by atoms with E-state index >= 15 is 0 Å². The summed E-state index contributed by atoms with van der Waals surface area (Å²) in [4.78, 5) is 32.0. The van der Waals surface area contributed by atoms with Crippen LogP contribution in [-0.2, 0) is 22.7 Å². The second-order valence-electron chi connectivity index (χ2n) is 9.27.